The first-order valence-corrected chi connectivity index (χ1v) is 5.43. The van der Waals surface area contributed by atoms with Gasteiger partial charge in [-0.3, -0.25) is 4.99 Å². The van der Waals surface area contributed by atoms with Crippen LogP contribution in [-0.2, 0) is 6.42 Å². The van der Waals surface area contributed by atoms with Gasteiger partial charge >= 0.3 is 0 Å². The van der Waals surface area contributed by atoms with E-state index in [9.17, 15) is 0 Å². The van der Waals surface area contributed by atoms with Crippen LogP contribution in [0.4, 0.5) is 0 Å². The van der Waals surface area contributed by atoms with E-state index in [2.05, 4.69) is 46.8 Å². The zero-order chi connectivity index (χ0) is 10.5. The first-order chi connectivity index (χ1) is 7.34. The van der Waals surface area contributed by atoms with Crippen molar-refractivity contribution in [3.8, 4) is 0 Å². The number of aliphatic imine (C=N–C) groups is 1. The molecule has 1 atom stereocenters. The molecule has 1 aromatic carbocycles. The third-order valence-corrected chi connectivity index (χ3v) is 2.44. The second kappa shape index (κ2) is 4.82. The van der Waals surface area contributed by atoms with E-state index in [0.29, 0.717) is 6.04 Å². The molecule has 0 spiro atoms. The summed E-state index contributed by atoms with van der Waals surface area (Å²) in [6.07, 6.45) is 1.03. The van der Waals surface area contributed by atoms with Crippen molar-refractivity contribution in [3.05, 3.63) is 35.9 Å². The average molecular weight is 203 g/mol. The summed E-state index contributed by atoms with van der Waals surface area (Å²) in [5, 5.41) is 6.58. The summed E-state index contributed by atoms with van der Waals surface area (Å²) >= 11 is 0. The molecule has 0 aliphatic carbocycles. The lowest BCUT2D eigenvalue weighted by molar-refractivity contribution is 0.650. The van der Waals surface area contributed by atoms with Crippen molar-refractivity contribution in [1.29, 1.82) is 0 Å². The summed E-state index contributed by atoms with van der Waals surface area (Å²) in [5.74, 6) is 0.943. The highest BCUT2D eigenvalue weighted by Gasteiger charge is 2.08. The van der Waals surface area contributed by atoms with Gasteiger partial charge in [-0.2, -0.15) is 0 Å². The molecule has 0 bridgehead atoms. The summed E-state index contributed by atoms with van der Waals surface area (Å²) in [6, 6.07) is 10.9. The lowest BCUT2D eigenvalue weighted by atomic mass is 10.1. The Hall–Kier alpha value is -1.51. The van der Waals surface area contributed by atoms with Gasteiger partial charge in [0, 0.05) is 12.6 Å². The Morgan fingerprint density at radius 3 is 2.87 bits per heavy atom. The quantitative estimate of drug-likeness (QED) is 0.773. The highest BCUT2D eigenvalue weighted by atomic mass is 15.2. The minimum atomic E-state index is 0.414. The van der Waals surface area contributed by atoms with Gasteiger partial charge in [0.25, 0.3) is 0 Å². The SMILES string of the molecule is CC(Cc1ccccc1)NC1=NCCN1. The van der Waals surface area contributed by atoms with Crippen molar-refractivity contribution >= 4 is 5.96 Å². The van der Waals surface area contributed by atoms with Crippen LogP contribution in [-0.4, -0.2) is 25.1 Å². The molecule has 0 aromatic heterocycles. The maximum Gasteiger partial charge on any atom is 0.191 e. The van der Waals surface area contributed by atoms with E-state index >= 15 is 0 Å². The molecule has 0 radical (unpaired) electrons. The van der Waals surface area contributed by atoms with Crippen LogP contribution in [0, 0.1) is 0 Å². The fraction of sp³-hybridized carbons (Fsp3) is 0.417. The van der Waals surface area contributed by atoms with Crippen molar-refractivity contribution < 1.29 is 0 Å². The molecule has 3 nitrogen and oxygen atoms in total. The Kier molecular flexibility index (Phi) is 3.22. The fourth-order valence-corrected chi connectivity index (χ4v) is 1.75. The van der Waals surface area contributed by atoms with Crippen LogP contribution in [0.2, 0.25) is 0 Å². The molecule has 1 aliphatic rings. The van der Waals surface area contributed by atoms with E-state index in [1.54, 1.807) is 0 Å². The van der Waals surface area contributed by atoms with Gasteiger partial charge in [-0.05, 0) is 18.9 Å². The van der Waals surface area contributed by atoms with E-state index in [4.69, 9.17) is 0 Å². The number of rotatable bonds is 3. The summed E-state index contributed by atoms with van der Waals surface area (Å²) in [5.41, 5.74) is 1.36. The van der Waals surface area contributed by atoms with Crippen molar-refractivity contribution in [2.75, 3.05) is 13.1 Å². The van der Waals surface area contributed by atoms with Crippen molar-refractivity contribution in [1.82, 2.24) is 10.6 Å². The number of nitrogens with one attached hydrogen (secondary N) is 2. The second-order valence-corrected chi connectivity index (χ2v) is 3.89. The third-order valence-electron chi connectivity index (χ3n) is 2.44. The van der Waals surface area contributed by atoms with Crippen LogP contribution in [0.3, 0.4) is 0 Å². The van der Waals surface area contributed by atoms with E-state index < -0.39 is 0 Å². The molecule has 3 heteroatoms. The molecule has 15 heavy (non-hydrogen) atoms. The second-order valence-electron chi connectivity index (χ2n) is 3.89. The van der Waals surface area contributed by atoms with Crippen LogP contribution in [0.25, 0.3) is 0 Å². The van der Waals surface area contributed by atoms with E-state index in [1.165, 1.54) is 5.56 Å². The number of hydrogen-bond acceptors (Lipinski definition) is 3. The van der Waals surface area contributed by atoms with Gasteiger partial charge in [0.1, 0.15) is 0 Å². The van der Waals surface area contributed by atoms with Crippen LogP contribution < -0.4 is 10.6 Å². The predicted octanol–water partition coefficient (Wildman–Crippen LogP) is 1.17. The zero-order valence-corrected chi connectivity index (χ0v) is 9.03. The summed E-state index contributed by atoms with van der Waals surface area (Å²) in [4.78, 5) is 4.31. The topological polar surface area (TPSA) is 36.4 Å². The first kappa shape index (κ1) is 10.0. The number of hydrogen-bond donors (Lipinski definition) is 2. The fourth-order valence-electron chi connectivity index (χ4n) is 1.75. The largest absolute Gasteiger partial charge is 0.355 e. The minimum absolute atomic E-state index is 0.414. The maximum absolute atomic E-state index is 4.31. The first-order valence-electron chi connectivity index (χ1n) is 5.43. The molecule has 80 valence electrons. The lowest BCUT2D eigenvalue weighted by Crippen LogP contribution is -2.40. The molecule has 0 amide bonds. The third kappa shape index (κ3) is 2.98. The van der Waals surface area contributed by atoms with Gasteiger partial charge < -0.3 is 10.6 Å². The van der Waals surface area contributed by atoms with E-state index in [0.717, 1.165) is 25.5 Å². The standard InChI is InChI=1S/C12H17N3/c1-10(15-12-13-7-8-14-12)9-11-5-3-2-4-6-11/h2-6,10H,7-9H2,1H3,(H2,13,14,15). The Morgan fingerprint density at radius 2 is 2.20 bits per heavy atom. The lowest BCUT2D eigenvalue weighted by Gasteiger charge is -2.15. The van der Waals surface area contributed by atoms with Gasteiger partial charge in [0.15, 0.2) is 5.96 Å². The number of guanidine groups is 1. The van der Waals surface area contributed by atoms with Crippen molar-refractivity contribution in [2.45, 2.75) is 19.4 Å². The molecule has 0 saturated heterocycles. The molecule has 0 saturated carbocycles. The van der Waals surface area contributed by atoms with Crippen molar-refractivity contribution in [2.24, 2.45) is 4.99 Å². The smallest absolute Gasteiger partial charge is 0.191 e. The molecule has 2 N–H and O–H groups in total. The minimum Gasteiger partial charge on any atom is -0.355 e. The van der Waals surface area contributed by atoms with Crippen LogP contribution in [0.15, 0.2) is 35.3 Å². The Morgan fingerprint density at radius 1 is 1.40 bits per heavy atom. The molecule has 1 heterocycles. The summed E-state index contributed by atoms with van der Waals surface area (Å²) < 4.78 is 0. The van der Waals surface area contributed by atoms with Gasteiger partial charge in [0.05, 0.1) is 6.54 Å². The maximum atomic E-state index is 4.31. The molecular weight excluding hydrogens is 186 g/mol. The normalized spacial score (nSPS) is 16.7. The highest BCUT2D eigenvalue weighted by molar-refractivity contribution is 5.81. The van der Waals surface area contributed by atoms with Crippen molar-refractivity contribution in [3.63, 3.8) is 0 Å². The van der Waals surface area contributed by atoms with E-state index in [1.807, 2.05) is 6.07 Å². The van der Waals surface area contributed by atoms with Gasteiger partial charge in [0.2, 0.25) is 0 Å². The molecule has 1 unspecified atom stereocenters. The molecule has 0 fully saturated rings. The molecule has 1 aromatic rings. The zero-order valence-electron chi connectivity index (χ0n) is 9.03. The van der Waals surface area contributed by atoms with E-state index in [-0.39, 0.29) is 0 Å². The van der Waals surface area contributed by atoms with Gasteiger partial charge in [-0.15, -0.1) is 0 Å². The van der Waals surface area contributed by atoms with Crippen LogP contribution in [0.5, 0.6) is 0 Å². The molecular formula is C12H17N3. The highest BCUT2D eigenvalue weighted by Crippen LogP contribution is 2.02. The molecule has 1 aliphatic heterocycles. The number of nitrogens with zero attached hydrogens (tertiary/aromatic N) is 1. The Bertz CT molecular complexity index is 332. The van der Waals surface area contributed by atoms with Gasteiger partial charge in [-0.1, -0.05) is 30.3 Å². The van der Waals surface area contributed by atoms with Gasteiger partial charge in [-0.25, -0.2) is 0 Å². The average Bonchev–Trinajstić information content (AvgIpc) is 2.71. The Labute approximate surface area is 90.6 Å². The number of benzene rings is 1. The predicted molar refractivity (Wildman–Crippen MR) is 63.0 cm³/mol. The summed E-state index contributed by atoms with van der Waals surface area (Å²) in [7, 11) is 0. The Balaban J connectivity index is 1.84. The summed E-state index contributed by atoms with van der Waals surface area (Å²) in [6.45, 7) is 4.02. The van der Waals surface area contributed by atoms with Crippen LogP contribution >= 0.6 is 0 Å². The monoisotopic (exact) mass is 203 g/mol. The molecule has 2 rings (SSSR count). The van der Waals surface area contributed by atoms with Crippen LogP contribution in [0.1, 0.15) is 12.5 Å².